The summed E-state index contributed by atoms with van der Waals surface area (Å²) in [5, 5.41) is 13.2. The summed E-state index contributed by atoms with van der Waals surface area (Å²) in [5.74, 6) is 1.65. The number of aliphatic hydroxyl groups is 1. The lowest BCUT2D eigenvalue weighted by molar-refractivity contribution is 0.102. The van der Waals surface area contributed by atoms with Crippen LogP contribution in [0.15, 0.2) is 48.5 Å². The van der Waals surface area contributed by atoms with Crippen molar-refractivity contribution >= 4 is 0 Å². The Bertz CT molecular complexity index is 567. The highest BCUT2D eigenvalue weighted by molar-refractivity contribution is 5.51. The van der Waals surface area contributed by atoms with Crippen LogP contribution in [0.25, 0.3) is 0 Å². The fraction of sp³-hybridized carbons (Fsp3) is 0.333. The molecule has 0 radical (unpaired) electrons. The maximum atomic E-state index is 10.0. The summed E-state index contributed by atoms with van der Waals surface area (Å²) in [5.41, 5.74) is 1.17. The van der Waals surface area contributed by atoms with Gasteiger partial charge in [-0.3, -0.25) is 0 Å². The Kier molecular flexibility index (Phi) is 6.72. The van der Waals surface area contributed by atoms with E-state index >= 15 is 0 Å². The Morgan fingerprint density at radius 1 is 0.957 bits per heavy atom. The molecule has 0 aliphatic rings. The van der Waals surface area contributed by atoms with Gasteiger partial charge in [0.25, 0.3) is 0 Å². The largest absolute Gasteiger partial charge is 0.493 e. The van der Waals surface area contributed by atoms with Gasteiger partial charge in [0.15, 0.2) is 11.5 Å². The van der Waals surface area contributed by atoms with Gasteiger partial charge in [0.1, 0.15) is 12.7 Å². The standard InChI is InChI=1S/C18H23NO4/c1-21-16-9-6-10-17(22-2)18(16)23-13-15(20)12-19-11-14-7-4-3-5-8-14/h3-10,15,19-20H,11-13H2,1-2H3. The molecule has 2 aromatic carbocycles. The van der Waals surface area contributed by atoms with Crippen molar-refractivity contribution in [3.63, 3.8) is 0 Å². The molecule has 0 fully saturated rings. The summed E-state index contributed by atoms with van der Waals surface area (Å²) < 4.78 is 16.2. The normalized spacial score (nSPS) is 11.8. The Morgan fingerprint density at radius 3 is 2.22 bits per heavy atom. The van der Waals surface area contributed by atoms with Gasteiger partial charge in [-0.25, -0.2) is 0 Å². The highest BCUT2D eigenvalue weighted by Crippen LogP contribution is 2.36. The van der Waals surface area contributed by atoms with Gasteiger partial charge in [0.2, 0.25) is 5.75 Å². The van der Waals surface area contributed by atoms with Crippen LogP contribution in [0.4, 0.5) is 0 Å². The third-order valence-corrected chi connectivity index (χ3v) is 3.35. The summed E-state index contributed by atoms with van der Waals surface area (Å²) in [7, 11) is 3.14. The SMILES string of the molecule is COc1cccc(OC)c1OCC(O)CNCc1ccccc1. The predicted octanol–water partition coefficient (Wildman–Crippen LogP) is 2.23. The molecular formula is C18H23NO4. The number of aliphatic hydroxyl groups excluding tert-OH is 1. The topological polar surface area (TPSA) is 60.0 Å². The van der Waals surface area contributed by atoms with Gasteiger partial charge >= 0.3 is 0 Å². The van der Waals surface area contributed by atoms with Crippen LogP contribution < -0.4 is 19.5 Å². The highest BCUT2D eigenvalue weighted by atomic mass is 16.5. The zero-order valence-corrected chi connectivity index (χ0v) is 13.5. The van der Waals surface area contributed by atoms with Gasteiger partial charge < -0.3 is 24.6 Å². The van der Waals surface area contributed by atoms with E-state index in [0.717, 1.165) is 0 Å². The van der Waals surface area contributed by atoms with Crippen LogP contribution in [0.3, 0.4) is 0 Å². The van der Waals surface area contributed by atoms with Crippen molar-refractivity contribution in [1.82, 2.24) is 5.32 Å². The van der Waals surface area contributed by atoms with E-state index in [9.17, 15) is 5.11 Å². The minimum absolute atomic E-state index is 0.151. The highest BCUT2D eigenvalue weighted by Gasteiger charge is 2.13. The van der Waals surface area contributed by atoms with E-state index in [2.05, 4.69) is 5.32 Å². The Hall–Kier alpha value is -2.24. The molecule has 2 rings (SSSR count). The van der Waals surface area contributed by atoms with Gasteiger partial charge in [-0.15, -0.1) is 0 Å². The second kappa shape index (κ2) is 9.02. The van der Waals surface area contributed by atoms with Crippen LogP contribution in [0.2, 0.25) is 0 Å². The molecular weight excluding hydrogens is 294 g/mol. The van der Waals surface area contributed by atoms with Gasteiger partial charge in [-0.1, -0.05) is 36.4 Å². The van der Waals surface area contributed by atoms with Crippen molar-refractivity contribution in [2.45, 2.75) is 12.6 Å². The Labute approximate surface area is 136 Å². The zero-order chi connectivity index (χ0) is 16.5. The maximum absolute atomic E-state index is 10.0. The summed E-state index contributed by atoms with van der Waals surface area (Å²) >= 11 is 0. The molecule has 0 aliphatic carbocycles. The molecule has 2 N–H and O–H groups in total. The lowest BCUT2D eigenvalue weighted by atomic mass is 10.2. The number of hydrogen-bond donors (Lipinski definition) is 2. The maximum Gasteiger partial charge on any atom is 0.203 e. The van der Waals surface area contributed by atoms with Gasteiger partial charge in [0, 0.05) is 13.1 Å². The Morgan fingerprint density at radius 2 is 1.61 bits per heavy atom. The average Bonchev–Trinajstić information content (AvgIpc) is 2.60. The molecule has 0 amide bonds. The summed E-state index contributed by atoms with van der Waals surface area (Å²) in [6.07, 6.45) is -0.631. The molecule has 0 saturated carbocycles. The number of para-hydroxylation sites is 1. The molecule has 23 heavy (non-hydrogen) atoms. The molecule has 124 valence electrons. The van der Waals surface area contributed by atoms with E-state index in [0.29, 0.717) is 30.3 Å². The van der Waals surface area contributed by atoms with E-state index in [-0.39, 0.29) is 6.61 Å². The lowest BCUT2D eigenvalue weighted by Gasteiger charge is -2.17. The van der Waals surface area contributed by atoms with Gasteiger partial charge in [-0.2, -0.15) is 0 Å². The minimum Gasteiger partial charge on any atom is -0.493 e. The third kappa shape index (κ3) is 5.16. The van der Waals surface area contributed by atoms with Crippen molar-refractivity contribution in [2.24, 2.45) is 0 Å². The summed E-state index contributed by atoms with van der Waals surface area (Å²) in [6, 6.07) is 15.4. The first-order valence-electron chi connectivity index (χ1n) is 7.51. The minimum atomic E-state index is -0.631. The van der Waals surface area contributed by atoms with Crippen LogP contribution in [0.5, 0.6) is 17.2 Å². The number of rotatable bonds is 9. The first-order chi connectivity index (χ1) is 11.2. The summed E-state index contributed by atoms with van der Waals surface area (Å²) in [4.78, 5) is 0. The van der Waals surface area contributed by atoms with E-state index in [1.165, 1.54) is 5.56 Å². The monoisotopic (exact) mass is 317 g/mol. The van der Waals surface area contributed by atoms with Gasteiger partial charge in [-0.05, 0) is 17.7 Å². The molecule has 5 heteroatoms. The quantitative estimate of drug-likeness (QED) is 0.743. The Balaban J connectivity index is 1.81. The predicted molar refractivity (Wildman–Crippen MR) is 89.2 cm³/mol. The third-order valence-electron chi connectivity index (χ3n) is 3.35. The van der Waals surface area contributed by atoms with E-state index in [1.54, 1.807) is 26.4 Å². The number of methoxy groups -OCH3 is 2. The van der Waals surface area contributed by atoms with Gasteiger partial charge in [0.05, 0.1) is 14.2 Å². The molecule has 0 bridgehead atoms. The van der Waals surface area contributed by atoms with Crippen molar-refractivity contribution in [1.29, 1.82) is 0 Å². The van der Waals surface area contributed by atoms with Crippen LogP contribution in [0.1, 0.15) is 5.56 Å². The number of nitrogens with one attached hydrogen (secondary N) is 1. The van der Waals surface area contributed by atoms with Crippen LogP contribution in [0, 0.1) is 0 Å². The summed E-state index contributed by atoms with van der Waals surface area (Å²) in [6.45, 7) is 1.29. The van der Waals surface area contributed by atoms with Crippen molar-refractivity contribution in [3.05, 3.63) is 54.1 Å². The molecule has 0 spiro atoms. The van der Waals surface area contributed by atoms with E-state index < -0.39 is 6.10 Å². The molecule has 2 aromatic rings. The second-order valence-electron chi connectivity index (χ2n) is 5.07. The van der Waals surface area contributed by atoms with Crippen molar-refractivity contribution < 1.29 is 19.3 Å². The molecule has 0 aliphatic heterocycles. The molecule has 1 unspecified atom stereocenters. The van der Waals surface area contributed by atoms with Crippen LogP contribution in [-0.2, 0) is 6.54 Å². The first kappa shape index (κ1) is 17.1. The second-order valence-corrected chi connectivity index (χ2v) is 5.07. The van der Waals surface area contributed by atoms with Crippen molar-refractivity contribution in [2.75, 3.05) is 27.4 Å². The van der Waals surface area contributed by atoms with E-state index in [4.69, 9.17) is 14.2 Å². The molecule has 5 nitrogen and oxygen atoms in total. The van der Waals surface area contributed by atoms with Crippen LogP contribution >= 0.6 is 0 Å². The fourth-order valence-corrected chi connectivity index (χ4v) is 2.18. The molecule has 0 saturated heterocycles. The smallest absolute Gasteiger partial charge is 0.203 e. The molecule has 1 atom stereocenters. The van der Waals surface area contributed by atoms with Crippen LogP contribution in [-0.4, -0.2) is 38.6 Å². The number of benzene rings is 2. The first-order valence-corrected chi connectivity index (χ1v) is 7.51. The van der Waals surface area contributed by atoms with E-state index in [1.807, 2.05) is 36.4 Å². The lowest BCUT2D eigenvalue weighted by Crippen LogP contribution is -2.31. The zero-order valence-electron chi connectivity index (χ0n) is 13.5. The van der Waals surface area contributed by atoms with Crippen molar-refractivity contribution in [3.8, 4) is 17.2 Å². The molecule has 0 aromatic heterocycles. The fourth-order valence-electron chi connectivity index (χ4n) is 2.18. The molecule has 0 heterocycles. The number of hydrogen-bond acceptors (Lipinski definition) is 5. The number of ether oxygens (including phenoxy) is 3. The average molecular weight is 317 g/mol.